The number of hydrogen-bond acceptors (Lipinski definition) is 3. The van der Waals surface area contributed by atoms with Crippen molar-refractivity contribution in [3.05, 3.63) is 0 Å². The van der Waals surface area contributed by atoms with Crippen molar-refractivity contribution in [2.45, 2.75) is 53.2 Å². The van der Waals surface area contributed by atoms with Crippen molar-refractivity contribution < 1.29 is 14.3 Å². The molecule has 0 aliphatic rings. The van der Waals surface area contributed by atoms with Gasteiger partial charge in [-0.3, -0.25) is 4.79 Å². The molecule has 17 heavy (non-hydrogen) atoms. The Kier molecular flexibility index (Phi) is 5.99. The van der Waals surface area contributed by atoms with Gasteiger partial charge in [0.05, 0.1) is 0 Å². The average molecular weight is 244 g/mol. The Balaban J connectivity index is 3.98. The summed E-state index contributed by atoms with van der Waals surface area (Å²) in [7, 11) is 0. The largest absolute Gasteiger partial charge is 0.444 e. The van der Waals surface area contributed by atoms with Crippen molar-refractivity contribution in [1.29, 1.82) is 0 Å². The molecule has 0 saturated carbocycles. The second-order valence-electron chi connectivity index (χ2n) is 5.23. The summed E-state index contributed by atoms with van der Waals surface area (Å²) in [4.78, 5) is 24.3. The van der Waals surface area contributed by atoms with Gasteiger partial charge in [0.1, 0.15) is 5.60 Å². The van der Waals surface area contributed by atoms with Gasteiger partial charge in [-0.1, -0.05) is 0 Å². The van der Waals surface area contributed by atoms with Gasteiger partial charge >= 0.3 is 6.09 Å². The Morgan fingerprint density at radius 1 is 1.29 bits per heavy atom. The predicted octanol–water partition coefficient (Wildman–Crippen LogP) is 1.77. The molecule has 0 radical (unpaired) electrons. The number of carbonyl (C=O) groups is 2. The zero-order valence-electron chi connectivity index (χ0n) is 11.7. The summed E-state index contributed by atoms with van der Waals surface area (Å²) >= 11 is 0. The third kappa shape index (κ3) is 7.60. The third-order valence-corrected chi connectivity index (χ3v) is 2.05. The van der Waals surface area contributed by atoms with Crippen LogP contribution in [0.15, 0.2) is 0 Å². The van der Waals surface area contributed by atoms with Crippen LogP contribution in [0.2, 0.25) is 0 Å². The fraction of sp³-hybridized carbons (Fsp3) is 0.833. The number of ether oxygens (including phenoxy) is 1. The lowest BCUT2D eigenvalue weighted by molar-refractivity contribution is -0.130. The quantitative estimate of drug-likeness (QED) is 0.820. The Morgan fingerprint density at radius 2 is 1.82 bits per heavy atom. The molecule has 0 saturated heterocycles. The van der Waals surface area contributed by atoms with Crippen molar-refractivity contribution >= 4 is 12.0 Å². The molecule has 0 aliphatic heterocycles. The molecular weight excluding hydrogens is 220 g/mol. The SMILES string of the molecule is CC(=O)N(CCNC(=O)OC(C)(C)C)C(C)C. The molecule has 0 fully saturated rings. The van der Waals surface area contributed by atoms with E-state index in [4.69, 9.17) is 4.74 Å². The number of nitrogens with one attached hydrogen (secondary N) is 1. The summed E-state index contributed by atoms with van der Waals surface area (Å²) in [5, 5.41) is 2.62. The zero-order valence-corrected chi connectivity index (χ0v) is 11.7. The number of carbonyl (C=O) groups excluding carboxylic acids is 2. The molecule has 0 rings (SSSR count). The van der Waals surface area contributed by atoms with Crippen LogP contribution >= 0.6 is 0 Å². The van der Waals surface area contributed by atoms with Gasteiger partial charge < -0.3 is 15.0 Å². The maximum atomic E-state index is 11.3. The lowest BCUT2D eigenvalue weighted by Crippen LogP contribution is -2.42. The van der Waals surface area contributed by atoms with E-state index in [0.717, 1.165) is 0 Å². The predicted molar refractivity (Wildman–Crippen MR) is 66.8 cm³/mol. The molecule has 1 N–H and O–H groups in total. The van der Waals surface area contributed by atoms with Gasteiger partial charge in [0.15, 0.2) is 0 Å². The van der Waals surface area contributed by atoms with E-state index in [2.05, 4.69) is 5.32 Å². The highest BCUT2D eigenvalue weighted by molar-refractivity contribution is 5.73. The van der Waals surface area contributed by atoms with Crippen molar-refractivity contribution in [2.24, 2.45) is 0 Å². The van der Waals surface area contributed by atoms with Crippen LogP contribution in [0, 0.1) is 0 Å². The monoisotopic (exact) mass is 244 g/mol. The van der Waals surface area contributed by atoms with E-state index in [1.54, 1.807) is 4.90 Å². The minimum absolute atomic E-state index is 0.00555. The smallest absolute Gasteiger partial charge is 0.407 e. The molecule has 0 aromatic rings. The standard InChI is InChI=1S/C12H24N2O3/c1-9(2)14(10(3)15)8-7-13-11(16)17-12(4,5)6/h9H,7-8H2,1-6H3,(H,13,16). The topological polar surface area (TPSA) is 58.6 Å². The van der Waals surface area contributed by atoms with Crippen molar-refractivity contribution in [1.82, 2.24) is 10.2 Å². The normalized spacial score (nSPS) is 11.2. The second kappa shape index (κ2) is 6.47. The zero-order chi connectivity index (χ0) is 13.6. The molecule has 0 bridgehead atoms. The van der Waals surface area contributed by atoms with Crippen LogP contribution in [0.1, 0.15) is 41.5 Å². The molecule has 5 heteroatoms. The molecule has 0 aliphatic carbocycles. The molecule has 5 nitrogen and oxygen atoms in total. The van der Waals surface area contributed by atoms with Crippen LogP contribution in [-0.2, 0) is 9.53 Å². The van der Waals surface area contributed by atoms with Gasteiger partial charge in [-0.15, -0.1) is 0 Å². The maximum absolute atomic E-state index is 11.3. The van der Waals surface area contributed by atoms with E-state index in [1.807, 2.05) is 34.6 Å². The van der Waals surface area contributed by atoms with Crippen LogP contribution in [-0.4, -0.2) is 41.6 Å². The first-order chi connectivity index (χ1) is 7.63. The van der Waals surface area contributed by atoms with Gasteiger partial charge in [0.2, 0.25) is 5.91 Å². The number of rotatable bonds is 4. The van der Waals surface area contributed by atoms with E-state index >= 15 is 0 Å². The van der Waals surface area contributed by atoms with E-state index in [0.29, 0.717) is 13.1 Å². The molecule has 2 amide bonds. The summed E-state index contributed by atoms with van der Waals surface area (Å²) in [6.45, 7) is 11.7. The summed E-state index contributed by atoms with van der Waals surface area (Å²) < 4.78 is 5.09. The van der Waals surface area contributed by atoms with E-state index in [9.17, 15) is 9.59 Å². The summed E-state index contributed by atoms with van der Waals surface area (Å²) in [6.07, 6.45) is -0.454. The molecular formula is C12H24N2O3. The highest BCUT2D eigenvalue weighted by atomic mass is 16.6. The average Bonchev–Trinajstić information content (AvgIpc) is 2.07. The maximum Gasteiger partial charge on any atom is 0.407 e. The van der Waals surface area contributed by atoms with Crippen molar-refractivity contribution in [2.75, 3.05) is 13.1 Å². The molecule has 0 unspecified atom stereocenters. The summed E-state index contributed by atoms with van der Waals surface area (Å²) in [5.41, 5.74) is -0.498. The van der Waals surface area contributed by atoms with Gasteiger partial charge in [-0.25, -0.2) is 4.79 Å². The Labute approximate surface area is 103 Å². The summed E-state index contributed by atoms with van der Waals surface area (Å²) in [5.74, 6) is 0.00555. The Bertz CT molecular complexity index is 269. The van der Waals surface area contributed by atoms with E-state index < -0.39 is 11.7 Å². The van der Waals surface area contributed by atoms with E-state index in [1.165, 1.54) is 6.92 Å². The van der Waals surface area contributed by atoms with Crippen LogP contribution in [0.3, 0.4) is 0 Å². The van der Waals surface area contributed by atoms with Crippen molar-refractivity contribution in [3.63, 3.8) is 0 Å². The molecule has 100 valence electrons. The highest BCUT2D eigenvalue weighted by Crippen LogP contribution is 2.06. The number of alkyl carbamates (subject to hydrolysis) is 1. The van der Waals surface area contributed by atoms with Gasteiger partial charge in [-0.2, -0.15) is 0 Å². The van der Waals surface area contributed by atoms with Crippen LogP contribution in [0.25, 0.3) is 0 Å². The van der Waals surface area contributed by atoms with Crippen LogP contribution in [0.5, 0.6) is 0 Å². The first kappa shape index (κ1) is 15.7. The van der Waals surface area contributed by atoms with Crippen LogP contribution < -0.4 is 5.32 Å². The van der Waals surface area contributed by atoms with Crippen LogP contribution in [0.4, 0.5) is 4.79 Å². The van der Waals surface area contributed by atoms with Gasteiger partial charge in [0, 0.05) is 26.1 Å². The van der Waals surface area contributed by atoms with Crippen molar-refractivity contribution in [3.8, 4) is 0 Å². The molecule has 0 atom stereocenters. The highest BCUT2D eigenvalue weighted by Gasteiger charge is 2.17. The Morgan fingerprint density at radius 3 is 2.18 bits per heavy atom. The lowest BCUT2D eigenvalue weighted by Gasteiger charge is -2.26. The first-order valence-corrected chi connectivity index (χ1v) is 5.87. The number of nitrogens with zero attached hydrogens (tertiary/aromatic N) is 1. The molecule has 0 spiro atoms. The lowest BCUT2D eigenvalue weighted by atomic mass is 10.2. The third-order valence-electron chi connectivity index (χ3n) is 2.05. The summed E-state index contributed by atoms with van der Waals surface area (Å²) in [6, 6.07) is 0.132. The van der Waals surface area contributed by atoms with Gasteiger partial charge in [-0.05, 0) is 34.6 Å². The van der Waals surface area contributed by atoms with E-state index in [-0.39, 0.29) is 11.9 Å². The Hall–Kier alpha value is -1.26. The number of hydrogen-bond donors (Lipinski definition) is 1. The fourth-order valence-electron chi connectivity index (χ4n) is 1.37. The number of amides is 2. The van der Waals surface area contributed by atoms with Gasteiger partial charge in [0.25, 0.3) is 0 Å². The molecule has 0 aromatic heterocycles. The minimum atomic E-state index is -0.498. The fourth-order valence-corrected chi connectivity index (χ4v) is 1.37. The minimum Gasteiger partial charge on any atom is -0.444 e. The second-order valence-corrected chi connectivity index (χ2v) is 5.23. The molecule has 0 aromatic carbocycles. The molecule has 0 heterocycles. The first-order valence-electron chi connectivity index (χ1n) is 5.87.